The van der Waals surface area contributed by atoms with Crippen molar-refractivity contribution in [3.05, 3.63) is 29.3 Å². The summed E-state index contributed by atoms with van der Waals surface area (Å²) in [6.45, 7) is 0. The summed E-state index contributed by atoms with van der Waals surface area (Å²) in [4.78, 5) is 0. The molecule has 0 bridgehead atoms. The molecule has 1 aromatic rings. The zero-order valence-electron chi connectivity index (χ0n) is 9.50. The summed E-state index contributed by atoms with van der Waals surface area (Å²) in [5, 5.41) is 0. The largest absolute Gasteiger partial charge is 0.461 e. The normalized spacial score (nSPS) is 13.7. The summed E-state index contributed by atoms with van der Waals surface area (Å²) in [6, 6.07) is -0.815. The Hall–Kier alpha value is -1.68. The maximum atomic E-state index is 12.6. The van der Waals surface area contributed by atoms with E-state index in [1.165, 1.54) is 0 Å². The molecule has 0 radical (unpaired) electrons. The lowest BCUT2D eigenvalue weighted by atomic mass is 10.1. The quantitative estimate of drug-likeness (QED) is 0.712. The zero-order chi connectivity index (χ0) is 16.6. The van der Waals surface area contributed by atoms with Crippen molar-refractivity contribution in [1.82, 2.24) is 0 Å². The van der Waals surface area contributed by atoms with Crippen LogP contribution in [0.15, 0.2) is 18.2 Å². The minimum absolute atomic E-state index is 0.231. The molecule has 1 aromatic carbocycles. The Balaban J connectivity index is 3.33. The van der Waals surface area contributed by atoms with Gasteiger partial charge in [0.1, 0.15) is 5.75 Å². The third-order valence-electron chi connectivity index (χ3n) is 2.07. The van der Waals surface area contributed by atoms with Crippen LogP contribution in [0.2, 0.25) is 0 Å². The maximum absolute atomic E-state index is 12.6. The number of hydrogen-bond donors (Lipinski definition) is 0. The third-order valence-corrected chi connectivity index (χ3v) is 2.07. The predicted molar refractivity (Wildman–Crippen MR) is 48.0 cm³/mol. The van der Waals surface area contributed by atoms with Crippen molar-refractivity contribution in [3.63, 3.8) is 0 Å². The molecule has 1 rings (SSSR count). The van der Waals surface area contributed by atoms with Crippen molar-refractivity contribution in [2.24, 2.45) is 0 Å². The van der Waals surface area contributed by atoms with Gasteiger partial charge in [-0.25, -0.2) is 0 Å². The topological polar surface area (TPSA) is 9.23 Å². The van der Waals surface area contributed by atoms with Crippen LogP contribution in [-0.4, -0.2) is 12.5 Å². The molecule has 0 heterocycles. The second kappa shape index (κ2) is 5.26. The molecule has 0 aliphatic heterocycles. The molecule has 0 unspecified atom stereocenters. The van der Waals surface area contributed by atoms with E-state index in [1.807, 2.05) is 0 Å². The smallest absolute Gasteiger partial charge is 0.428 e. The molecule has 0 N–H and O–H groups in total. The Morgan fingerprint density at radius 3 is 1.38 bits per heavy atom. The van der Waals surface area contributed by atoms with Crippen LogP contribution in [0.25, 0.3) is 0 Å². The average molecular weight is 330 g/mol. The highest BCUT2D eigenvalue weighted by Gasteiger charge is 2.45. The first-order valence-corrected chi connectivity index (χ1v) is 4.88. The highest BCUT2D eigenvalue weighted by Crippen LogP contribution is 2.39. The van der Waals surface area contributed by atoms with Gasteiger partial charge in [-0.3, -0.25) is 0 Å². The minimum Gasteiger partial charge on any atom is -0.428 e. The fourth-order valence-corrected chi connectivity index (χ4v) is 1.19. The molecule has 0 aliphatic rings. The molecule has 0 amide bonds. The molecule has 0 aromatic heterocycles. The third kappa shape index (κ3) is 4.39. The SMILES string of the molecule is FC(F)C(F)(F)Oc1cc(C(F)(F)F)cc(C(F)(F)F)c1. The van der Waals surface area contributed by atoms with E-state index in [0.29, 0.717) is 0 Å². The van der Waals surface area contributed by atoms with E-state index < -0.39 is 41.8 Å². The number of ether oxygens (including phenoxy) is 1. The van der Waals surface area contributed by atoms with Gasteiger partial charge in [-0.15, -0.1) is 0 Å². The van der Waals surface area contributed by atoms with E-state index in [9.17, 15) is 43.9 Å². The van der Waals surface area contributed by atoms with Gasteiger partial charge < -0.3 is 4.74 Å². The summed E-state index contributed by atoms with van der Waals surface area (Å²) in [7, 11) is 0. The molecule has 1 nitrogen and oxygen atoms in total. The van der Waals surface area contributed by atoms with E-state index in [-0.39, 0.29) is 18.2 Å². The van der Waals surface area contributed by atoms with Gasteiger partial charge in [0.15, 0.2) is 0 Å². The lowest BCUT2D eigenvalue weighted by Crippen LogP contribution is -2.33. The van der Waals surface area contributed by atoms with E-state index in [0.717, 1.165) is 0 Å². The summed E-state index contributed by atoms with van der Waals surface area (Å²) in [6.07, 6.45) is -20.3. The molecule has 0 saturated carbocycles. The maximum Gasteiger partial charge on any atom is 0.461 e. The van der Waals surface area contributed by atoms with Crippen molar-refractivity contribution < 1.29 is 48.6 Å². The van der Waals surface area contributed by atoms with Crippen molar-refractivity contribution in [3.8, 4) is 5.75 Å². The molecule has 120 valence electrons. The van der Waals surface area contributed by atoms with Crippen LogP contribution in [-0.2, 0) is 12.4 Å². The monoisotopic (exact) mass is 330 g/mol. The van der Waals surface area contributed by atoms with Crippen LogP contribution >= 0.6 is 0 Å². The highest BCUT2D eigenvalue weighted by molar-refractivity contribution is 5.37. The molecule has 21 heavy (non-hydrogen) atoms. The van der Waals surface area contributed by atoms with Crippen LogP contribution in [0.5, 0.6) is 5.75 Å². The predicted octanol–water partition coefficient (Wildman–Crippen LogP) is 4.96. The molecule has 0 aliphatic carbocycles. The highest BCUT2D eigenvalue weighted by atomic mass is 19.4. The number of halogens is 10. The number of alkyl halides is 10. The second-order valence-electron chi connectivity index (χ2n) is 3.71. The number of benzene rings is 1. The van der Waals surface area contributed by atoms with Gasteiger partial charge >= 0.3 is 24.9 Å². The molecule has 0 saturated heterocycles. The molecule has 11 heteroatoms. The minimum atomic E-state index is -5.31. The first-order chi connectivity index (χ1) is 9.23. The first-order valence-electron chi connectivity index (χ1n) is 4.88. The van der Waals surface area contributed by atoms with E-state index in [2.05, 4.69) is 4.74 Å². The van der Waals surface area contributed by atoms with Gasteiger partial charge in [-0.1, -0.05) is 0 Å². The summed E-state index contributed by atoms with van der Waals surface area (Å²) >= 11 is 0. The van der Waals surface area contributed by atoms with Crippen LogP contribution in [0.3, 0.4) is 0 Å². The fraction of sp³-hybridized carbons (Fsp3) is 0.400. The summed E-state index contributed by atoms with van der Waals surface area (Å²) < 4.78 is 126. The Morgan fingerprint density at radius 1 is 0.714 bits per heavy atom. The fourth-order valence-electron chi connectivity index (χ4n) is 1.19. The van der Waals surface area contributed by atoms with Crippen molar-refractivity contribution >= 4 is 0 Å². The molecular weight excluding hydrogens is 326 g/mol. The van der Waals surface area contributed by atoms with Crippen molar-refractivity contribution in [2.45, 2.75) is 24.9 Å². The molecule has 0 atom stereocenters. The van der Waals surface area contributed by atoms with Gasteiger partial charge in [-0.05, 0) is 18.2 Å². The summed E-state index contributed by atoms with van der Waals surface area (Å²) in [5.41, 5.74) is -3.92. The van der Waals surface area contributed by atoms with Gasteiger partial charge in [0.05, 0.1) is 11.1 Å². The van der Waals surface area contributed by atoms with Crippen LogP contribution in [0.1, 0.15) is 11.1 Å². The average Bonchev–Trinajstić information content (AvgIpc) is 2.25. The standard InChI is InChI=1S/C10H4F10O/c11-7(12)10(19,20)21-6-2-4(8(13,14)15)1-5(3-6)9(16,17)18/h1-3,7H. The van der Waals surface area contributed by atoms with Crippen molar-refractivity contribution in [2.75, 3.05) is 0 Å². The zero-order valence-corrected chi connectivity index (χ0v) is 9.50. The molecule has 0 spiro atoms. The Bertz CT molecular complexity index is 469. The summed E-state index contributed by atoms with van der Waals surface area (Å²) in [5.74, 6) is -1.68. The molecular formula is C10H4F10O. The van der Waals surface area contributed by atoms with E-state index in [4.69, 9.17) is 0 Å². The van der Waals surface area contributed by atoms with Crippen LogP contribution < -0.4 is 4.74 Å². The second-order valence-corrected chi connectivity index (χ2v) is 3.71. The lowest BCUT2D eigenvalue weighted by molar-refractivity contribution is -0.253. The van der Waals surface area contributed by atoms with Gasteiger partial charge in [0.2, 0.25) is 0 Å². The first kappa shape index (κ1) is 17.4. The molecule has 0 fully saturated rings. The van der Waals surface area contributed by atoms with Gasteiger partial charge in [0, 0.05) is 0 Å². The van der Waals surface area contributed by atoms with Gasteiger partial charge in [-0.2, -0.15) is 43.9 Å². The number of rotatable bonds is 3. The van der Waals surface area contributed by atoms with Crippen molar-refractivity contribution in [1.29, 1.82) is 0 Å². The Labute approximate surface area is 110 Å². The van der Waals surface area contributed by atoms with E-state index in [1.54, 1.807) is 0 Å². The lowest BCUT2D eigenvalue weighted by Gasteiger charge is -2.19. The van der Waals surface area contributed by atoms with Crippen LogP contribution in [0, 0.1) is 0 Å². The van der Waals surface area contributed by atoms with Crippen LogP contribution in [0.4, 0.5) is 43.9 Å². The Morgan fingerprint density at radius 2 is 1.10 bits per heavy atom. The van der Waals surface area contributed by atoms with Gasteiger partial charge in [0.25, 0.3) is 0 Å². The Kier molecular flexibility index (Phi) is 4.35. The number of hydrogen-bond acceptors (Lipinski definition) is 1. The van der Waals surface area contributed by atoms with E-state index >= 15 is 0 Å².